The molecule has 1 aliphatic rings. The molecule has 0 radical (unpaired) electrons. The number of alkyl halides is 3. The number of para-hydroxylation sites is 2. The van der Waals surface area contributed by atoms with Crippen molar-refractivity contribution in [2.45, 2.75) is 39.0 Å². The van der Waals surface area contributed by atoms with Crippen LogP contribution in [0.5, 0.6) is 5.75 Å². The molecule has 1 aromatic rings. The summed E-state index contributed by atoms with van der Waals surface area (Å²) in [7, 11) is 0. The summed E-state index contributed by atoms with van der Waals surface area (Å²) in [5.74, 6) is -0.244. The number of nitrogens with one attached hydrogen (secondary N) is 1. The topological polar surface area (TPSA) is 59.6 Å². The zero-order valence-corrected chi connectivity index (χ0v) is 12.4. The van der Waals surface area contributed by atoms with E-state index >= 15 is 0 Å². The summed E-state index contributed by atoms with van der Waals surface area (Å²) in [6.45, 7) is 2.71. The summed E-state index contributed by atoms with van der Waals surface area (Å²) in [6.07, 6.45) is -0.195. The monoisotopic (exact) mass is 315 g/mol. The molecule has 3 N–H and O–H groups in total. The summed E-state index contributed by atoms with van der Waals surface area (Å²) in [4.78, 5) is 4.26. The Labute approximate surface area is 127 Å². The third-order valence-electron chi connectivity index (χ3n) is 3.82. The summed E-state index contributed by atoms with van der Waals surface area (Å²) < 4.78 is 41.0. The van der Waals surface area contributed by atoms with E-state index in [0.29, 0.717) is 6.54 Å². The average Bonchev–Trinajstić information content (AvgIpc) is 2.85. The van der Waals surface area contributed by atoms with E-state index in [0.717, 1.165) is 12.8 Å². The first-order valence-electron chi connectivity index (χ1n) is 7.19. The standard InChI is InChI=1S/C15H20F3N3O/c1-14(8-4-5-9-14)10-20-13(19)21-11-6-2-3-7-12(11)22-15(16,17)18/h2-3,6-7H,4-5,8-10H2,1H3,(H3,19,20,21). The van der Waals surface area contributed by atoms with Gasteiger partial charge in [-0.3, -0.25) is 4.99 Å². The highest BCUT2D eigenvalue weighted by atomic mass is 19.4. The molecule has 4 nitrogen and oxygen atoms in total. The maximum atomic E-state index is 12.4. The number of halogens is 3. The maximum Gasteiger partial charge on any atom is 0.573 e. The SMILES string of the molecule is CC1(CN=C(N)Nc2ccccc2OC(F)(F)F)CCCC1. The highest BCUT2D eigenvalue weighted by Gasteiger charge is 2.32. The van der Waals surface area contributed by atoms with Gasteiger partial charge in [-0.15, -0.1) is 13.2 Å². The van der Waals surface area contributed by atoms with Gasteiger partial charge in [0.15, 0.2) is 11.7 Å². The van der Waals surface area contributed by atoms with E-state index in [1.807, 2.05) is 0 Å². The van der Waals surface area contributed by atoms with Crippen LogP contribution in [0.2, 0.25) is 0 Å². The van der Waals surface area contributed by atoms with Crippen LogP contribution in [-0.2, 0) is 0 Å². The molecule has 22 heavy (non-hydrogen) atoms. The quantitative estimate of drug-likeness (QED) is 0.654. The molecule has 0 amide bonds. The van der Waals surface area contributed by atoms with Crippen LogP contribution >= 0.6 is 0 Å². The Balaban J connectivity index is 2.03. The predicted octanol–water partition coefficient (Wildman–Crippen LogP) is 3.89. The zero-order chi connectivity index (χ0) is 16.2. The molecule has 122 valence electrons. The van der Waals surface area contributed by atoms with Gasteiger partial charge in [-0.2, -0.15) is 0 Å². The zero-order valence-electron chi connectivity index (χ0n) is 12.4. The van der Waals surface area contributed by atoms with E-state index in [2.05, 4.69) is 22.0 Å². The third kappa shape index (κ3) is 4.82. The molecule has 7 heteroatoms. The number of guanidine groups is 1. The second kappa shape index (κ2) is 6.46. The molecule has 1 aromatic carbocycles. The lowest BCUT2D eigenvalue weighted by atomic mass is 9.89. The van der Waals surface area contributed by atoms with Crippen molar-refractivity contribution in [3.63, 3.8) is 0 Å². The third-order valence-corrected chi connectivity index (χ3v) is 3.82. The van der Waals surface area contributed by atoms with Crippen molar-refractivity contribution >= 4 is 11.6 Å². The molecule has 0 aromatic heterocycles. The minimum absolute atomic E-state index is 0.0892. The van der Waals surface area contributed by atoms with E-state index in [1.165, 1.54) is 31.0 Å². The number of aliphatic imine (C=N–C) groups is 1. The number of benzene rings is 1. The Bertz CT molecular complexity index is 537. The maximum absolute atomic E-state index is 12.4. The number of hydrogen-bond acceptors (Lipinski definition) is 2. The smallest absolute Gasteiger partial charge is 0.404 e. The van der Waals surface area contributed by atoms with E-state index in [4.69, 9.17) is 5.73 Å². The van der Waals surface area contributed by atoms with Crippen LogP contribution in [0.15, 0.2) is 29.3 Å². The summed E-state index contributed by atoms with van der Waals surface area (Å²) in [5.41, 5.74) is 6.05. The van der Waals surface area contributed by atoms with Gasteiger partial charge in [0.2, 0.25) is 0 Å². The van der Waals surface area contributed by atoms with Crippen LogP contribution in [0.4, 0.5) is 18.9 Å². The molecular weight excluding hydrogens is 295 g/mol. The van der Waals surface area contributed by atoms with Crippen LogP contribution in [-0.4, -0.2) is 18.9 Å². The molecule has 0 saturated heterocycles. The number of rotatable bonds is 4. The highest BCUT2D eigenvalue weighted by Crippen LogP contribution is 2.37. The number of hydrogen-bond donors (Lipinski definition) is 2. The second-order valence-corrected chi connectivity index (χ2v) is 5.89. The lowest BCUT2D eigenvalue weighted by molar-refractivity contribution is -0.274. The molecule has 0 atom stereocenters. The first kappa shape index (κ1) is 16.5. The van der Waals surface area contributed by atoms with Crippen LogP contribution < -0.4 is 15.8 Å². The predicted molar refractivity (Wildman–Crippen MR) is 79.8 cm³/mol. The van der Waals surface area contributed by atoms with Gasteiger partial charge in [-0.05, 0) is 30.4 Å². The Morgan fingerprint density at radius 1 is 1.32 bits per heavy atom. The number of nitrogens with two attached hydrogens (primary N) is 1. The molecule has 0 aliphatic heterocycles. The second-order valence-electron chi connectivity index (χ2n) is 5.89. The van der Waals surface area contributed by atoms with Crippen molar-refractivity contribution in [3.05, 3.63) is 24.3 Å². The lowest BCUT2D eigenvalue weighted by Gasteiger charge is -2.21. The van der Waals surface area contributed by atoms with Gasteiger partial charge in [0, 0.05) is 6.54 Å². The van der Waals surface area contributed by atoms with Crippen LogP contribution in [0.25, 0.3) is 0 Å². The minimum atomic E-state index is -4.75. The molecular formula is C15H20F3N3O. The van der Waals surface area contributed by atoms with Gasteiger partial charge in [-0.1, -0.05) is 31.9 Å². The normalized spacial score (nSPS) is 18.3. The molecule has 0 bridgehead atoms. The number of nitrogens with zero attached hydrogens (tertiary/aromatic N) is 1. The Morgan fingerprint density at radius 2 is 1.95 bits per heavy atom. The Morgan fingerprint density at radius 3 is 2.59 bits per heavy atom. The molecule has 1 saturated carbocycles. The summed E-state index contributed by atoms with van der Waals surface area (Å²) >= 11 is 0. The molecule has 2 rings (SSSR count). The first-order chi connectivity index (χ1) is 10.3. The van der Waals surface area contributed by atoms with Gasteiger partial charge < -0.3 is 15.8 Å². The molecule has 0 unspecified atom stereocenters. The number of ether oxygens (including phenoxy) is 1. The van der Waals surface area contributed by atoms with Gasteiger partial charge >= 0.3 is 6.36 Å². The highest BCUT2D eigenvalue weighted by molar-refractivity contribution is 5.93. The van der Waals surface area contributed by atoms with Gasteiger partial charge in [0.1, 0.15) is 0 Å². The fourth-order valence-corrected chi connectivity index (χ4v) is 2.62. The van der Waals surface area contributed by atoms with Crippen molar-refractivity contribution in [2.24, 2.45) is 16.1 Å². The van der Waals surface area contributed by atoms with Crippen molar-refractivity contribution in [1.29, 1.82) is 0 Å². The molecule has 0 heterocycles. The van der Waals surface area contributed by atoms with Crippen molar-refractivity contribution in [2.75, 3.05) is 11.9 Å². The fourth-order valence-electron chi connectivity index (χ4n) is 2.62. The van der Waals surface area contributed by atoms with Crippen LogP contribution in [0.1, 0.15) is 32.6 Å². The van der Waals surface area contributed by atoms with Gasteiger partial charge in [-0.25, -0.2) is 0 Å². The van der Waals surface area contributed by atoms with Crippen molar-refractivity contribution in [3.8, 4) is 5.75 Å². The molecule has 1 aliphatic carbocycles. The van der Waals surface area contributed by atoms with E-state index in [9.17, 15) is 13.2 Å². The summed E-state index contributed by atoms with van der Waals surface area (Å²) in [5, 5.41) is 2.68. The van der Waals surface area contributed by atoms with E-state index in [-0.39, 0.29) is 22.8 Å². The van der Waals surface area contributed by atoms with Gasteiger partial charge in [0.05, 0.1) is 5.69 Å². The van der Waals surface area contributed by atoms with E-state index in [1.54, 1.807) is 6.07 Å². The van der Waals surface area contributed by atoms with Crippen molar-refractivity contribution < 1.29 is 17.9 Å². The van der Waals surface area contributed by atoms with Crippen LogP contribution in [0, 0.1) is 5.41 Å². The largest absolute Gasteiger partial charge is 0.573 e. The average molecular weight is 315 g/mol. The minimum Gasteiger partial charge on any atom is -0.404 e. The summed E-state index contributed by atoms with van der Waals surface area (Å²) in [6, 6.07) is 5.73. The fraction of sp³-hybridized carbons (Fsp3) is 0.533. The van der Waals surface area contributed by atoms with Crippen LogP contribution in [0.3, 0.4) is 0 Å². The Hall–Kier alpha value is -1.92. The van der Waals surface area contributed by atoms with Crippen molar-refractivity contribution in [1.82, 2.24) is 0 Å². The lowest BCUT2D eigenvalue weighted by Crippen LogP contribution is -2.26. The Kier molecular flexibility index (Phi) is 4.83. The van der Waals surface area contributed by atoms with E-state index < -0.39 is 6.36 Å². The number of anilines is 1. The molecule has 0 spiro atoms. The molecule has 1 fully saturated rings. The first-order valence-corrected chi connectivity index (χ1v) is 7.19. The van der Waals surface area contributed by atoms with Gasteiger partial charge in [0.25, 0.3) is 0 Å².